The van der Waals surface area contributed by atoms with E-state index in [0.717, 1.165) is 5.56 Å². The molecule has 2 amide bonds. The molecule has 3 aromatic carbocycles. The number of amides is 2. The highest BCUT2D eigenvalue weighted by molar-refractivity contribution is 6.31. The van der Waals surface area contributed by atoms with Crippen molar-refractivity contribution < 1.29 is 18.7 Å². The van der Waals surface area contributed by atoms with Crippen LogP contribution in [0.1, 0.15) is 21.5 Å². The zero-order valence-electron chi connectivity index (χ0n) is 16.6. The summed E-state index contributed by atoms with van der Waals surface area (Å²) in [5, 5.41) is 7.17. The Bertz CT molecular complexity index is 1100. The summed E-state index contributed by atoms with van der Waals surface area (Å²) >= 11 is 6.07. The lowest BCUT2D eigenvalue weighted by molar-refractivity contribution is -0.123. The van der Waals surface area contributed by atoms with Crippen molar-refractivity contribution >= 4 is 35.3 Å². The summed E-state index contributed by atoms with van der Waals surface area (Å²) in [6.45, 7) is 1.57. The standard InChI is InChI=1S/C23H19ClFN3O3/c1-15-20(24)3-2-4-21(15)27-23(30)17-7-11-19(12-8-17)31-14-22(29)28-26-13-16-5-9-18(25)10-6-16/h2-13H,14H2,1H3,(H,27,30)(H,28,29)/b26-13-. The molecule has 2 N–H and O–H groups in total. The molecule has 0 aliphatic carbocycles. The Labute approximate surface area is 183 Å². The van der Waals surface area contributed by atoms with Crippen molar-refractivity contribution in [2.75, 3.05) is 11.9 Å². The molecule has 6 nitrogen and oxygen atoms in total. The van der Waals surface area contributed by atoms with Crippen LogP contribution < -0.4 is 15.5 Å². The molecule has 3 rings (SSSR count). The van der Waals surface area contributed by atoms with Crippen molar-refractivity contribution in [3.05, 3.63) is 94.3 Å². The third kappa shape index (κ3) is 6.38. The van der Waals surface area contributed by atoms with Gasteiger partial charge >= 0.3 is 0 Å². The summed E-state index contributed by atoms with van der Waals surface area (Å²) in [7, 11) is 0. The Morgan fingerprint density at radius 2 is 1.77 bits per heavy atom. The third-order valence-corrected chi connectivity index (χ3v) is 4.68. The number of carbonyl (C=O) groups is 2. The fraction of sp³-hybridized carbons (Fsp3) is 0.0870. The van der Waals surface area contributed by atoms with Crippen LogP contribution in [0.15, 0.2) is 71.8 Å². The smallest absolute Gasteiger partial charge is 0.277 e. The normalized spacial score (nSPS) is 10.7. The zero-order valence-corrected chi connectivity index (χ0v) is 17.3. The van der Waals surface area contributed by atoms with Crippen molar-refractivity contribution in [3.8, 4) is 5.75 Å². The maximum absolute atomic E-state index is 12.8. The number of hydrogen-bond donors (Lipinski definition) is 2. The monoisotopic (exact) mass is 439 g/mol. The van der Waals surface area contributed by atoms with Crippen LogP contribution in [0.3, 0.4) is 0 Å². The molecule has 0 saturated heterocycles. The lowest BCUT2D eigenvalue weighted by Crippen LogP contribution is -2.24. The predicted octanol–water partition coefficient (Wildman–Crippen LogP) is 4.57. The Balaban J connectivity index is 1.48. The third-order valence-electron chi connectivity index (χ3n) is 4.28. The van der Waals surface area contributed by atoms with Crippen molar-refractivity contribution in [3.63, 3.8) is 0 Å². The molecule has 0 aliphatic heterocycles. The average Bonchev–Trinajstić information content (AvgIpc) is 2.77. The minimum absolute atomic E-state index is 0.256. The predicted molar refractivity (Wildman–Crippen MR) is 118 cm³/mol. The first kappa shape index (κ1) is 22.0. The molecule has 31 heavy (non-hydrogen) atoms. The molecule has 0 saturated carbocycles. The second kappa shape index (κ2) is 10.4. The van der Waals surface area contributed by atoms with Crippen LogP contribution in [-0.4, -0.2) is 24.6 Å². The van der Waals surface area contributed by atoms with Crippen LogP contribution in [0, 0.1) is 12.7 Å². The summed E-state index contributed by atoms with van der Waals surface area (Å²) in [6.07, 6.45) is 1.40. The second-order valence-electron chi connectivity index (χ2n) is 6.52. The molecule has 0 spiro atoms. The number of ether oxygens (including phenoxy) is 1. The number of hydrogen-bond acceptors (Lipinski definition) is 4. The summed E-state index contributed by atoms with van der Waals surface area (Å²) in [6, 6.07) is 17.3. The Morgan fingerprint density at radius 3 is 2.48 bits per heavy atom. The minimum atomic E-state index is -0.461. The van der Waals surface area contributed by atoms with E-state index >= 15 is 0 Å². The fourth-order valence-corrected chi connectivity index (χ4v) is 2.72. The number of anilines is 1. The van der Waals surface area contributed by atoms with Gasteiger partial charge in [0.05, 0.1) is 6.21 Å². The van der Waals surface area contributed by atoms with Crippen molar-refractivity contribution in [1.29, 1.82) is 0 Å². The first-order valence-corrected chi connectivity index (χ1v) is 9.67. The van der Waals surface area contributed by atoms with Gasteiger partial charge in [0.15, 0.2) is 6.61 Å². The summed E-state index contributed by atoms with van der Waals surface area (Å²) in [5.74, 6) is -0.674. The van der Waals surface area contributed by atoms with Gasteiger partial charge in [-0.3, -0.25) is 9.59 Å². The number of rotatable bonds is 7. The molecule has 8 heteroatoms. The van der Waals surface area contributed by atoms with Gasteiger partial charge in [0.25, 0.3) is 11.8 Å². The first-order valence-electron chi connectivity index (χ1n) is 9.29. The first-order chi connectivity index (χ1) is 14.9. The molecule has 0 heterocycles. The SMILES string of the molecule is Cc1c(Cl)cccc1NC(=O)c1ccc(OCC(=O)N/N=C\c2ccc(F)cc2)cc1. The molecule has 3 aromatic rings. The Morgan fingerprint density at radius 1 is 1.06 bits per heavy atom. The maximum Gasteiger partial charge on any atom is 0.277 e. The number of benzene rings is 3. The highest BCUT2D eigenvalue weighted by atomic mass is 35.5. The second-order valence-corrected chi connectivity index (χ2v) is 6.93. The van der Waals surface area contributed by atoms with E-state index in [9.17, 15) is 14.0 Å². The number of hydrazone groups is 1. The van der Waals surface area contributed by atoms with Crippen LogP contribution in [0.5, 0.6) is 5.75 Å². The van der Waals surface area contributed by atoms with Crippen LogP contribution in [0.2, 0.25) is 5.02 Å². The van der Waals surface area contributed by atoms with E-state index < -0.39 is 5.91 Å². The molecule has 0 fully saturated rings. The number of carbonyl (C=O) groups excluding carboxylic acids is 2. The number of halogens is 2. The summed E-state index contributed by atoms with van der Waals surface area (Å²) in [5.41, 5.74) is 4.81. The molecule has 158 valence electrons. The molecule has 0 unspecified atom stereocenters. The lowest BCUT2D eigenvalue weighted by Gasteiger charge is -2.10. The maximum atomic E-state index is 12.8. The van der Waals surface area contributed by atoms with E-state index in [4.69, 9.17) is 16.3 Å². The van der Waals surface area contributed by atoms with Gasteiger partial charge in [-0.2, -0.15) is 5.10 Å². The summed E-state index contributed by atoms with van der Waals surface area (Å²) < 4.78 is 18.2. The Kier molecular flexibility index (Phi) is 7.35. The van der Waals surface area contributed by atoms with E-state index in [2.05, 4.69) is 15.8 Å². The quantitative estimate of drug-likeness (QED) is 0.418. The highest BCUT2D eigenvalue weighted by Gasteiger charge is 2.10. The highest BCUT2D eigenvalue weighted by Crippen LogP contribution is 2.23. The minimum Gasteiger partial charge on any atom is -0.484 e. The van der Waals surface area contributed by atoms with Gasteiger partial charge in [0.2, 0.25) is 0 Å². The zero-order chi connectivity index (χ0) is 22.2. The van der Waals surface area contributed by atoms with Crippen molar-refractivity contribution in [2.45, 2.75) is 6.92 Å². The molecule has 0 bridgehead atoms. The van der Waals surface area contributed by atoms with Gasteiger partial charge in [-0.05, 0) is 66.6 Å². The average molecular weight is 440 g/mol. The molecule has 0 aromatic heterocycles. The number of nitrogens with zero attached hydrogens (tertiary/aromatic N) is 1. The molecule has 0 radical (unpaired) electrons. The van der Waals surface area contributed by atoms with Crippen LogP contribution in [0.4, 0.5) is 10.1 Å². The van der Waals surface area contributed by atoms with Gasteiger partial charge in [-0.15, -0.1) is 0 Å². The molecule has 0 atom stereocenters. The van der Waals surface area contributed by atoms with Crippen molar-refractivity contribution in [1.82, 2.24) is 5.43 Å². The summed E-state index contributed by atoms with van der Waals surface area (Å²) in [4.78, 5) is 24.2. The van der Waals surface area contributed by atoms with Crippen LogP contribution in [-0.2, 0) is 4.79 Å². The van der Waals surface area contributed by atoms with E-state index in [1.54, 1.807) is 42.5 Å². The van der Waals surface area contributed by atoms with Crippen molar-refractivity contribution in [2.24, 2.45) is 5.10 Å². The van der Waals surface area contributed by atoms with E-state index in [-0.39, 0.29) is 18.3 Å². The van der Waals surface area contributed by atoms with Gasteiger partial charge < -0.3 is 10.1 Å². The van der Waals surface area contributed by atoms with E-state index in [1.807, 2.05) is 6.92 Å². The molecular weight excluding hydrogens is 421 g/mol. The Hall–Kier alpha value is -3.71. The van der Waals surface area contributed by atoms with Gasteiger partial charge in [-0.25, -0.2) is 9.82 Å². The fourth-order valence-electron chi connectivity index (χ4n) is 2.55. The van der Waals surface area contributed by atoms with Gasteiger partial charge in [-0.1, -0.05) is 29.8 Å². The molecule has 0 aliphatic rings. The van der Waals surface area contributed by atoms with Gasteiger partial charge in [0, 0.05) is 16.3 Å². The van der Waals surface area contributed by atoms with Gasteiger partial charge in [0.1, 0.15) is 11.6 Å². The van der Waals surface area contributed by atoms with E-state index in [0.29, 0.717) is 27.6 Å². The van der Waals surface area contributed by atoms with Crippen LogP contribution in [0.25, 0.3) is 0 Å². The van der Waals surface area contributed by atoms with Crippen LogP contribution >= 0.6 is 11.6 Å². The lowest BCUT2D eigenvalue weighted by atomic mass is 10.1. The van der Waals surface area contributed by atoms with E-state index in [1.165, 1.54) is 30.5 Å². The number of nitrogens with one attached hydrogen (secondary N) is 2. The largest absolute Gasteiger partial charge is 0.484 e. The molecular formula is C23H19ClFN3O3. The topological polar surface area (TPSA) is 79.8 Å².